The monoisotopic (exact) mass is 265 g/mol. The Labute approximate surface area is 96.7 Å². The standard InChI is InChI=1S/C8H8ClNO5S/c1-16(13,14)6-3-2-5(8(9)10-6)15-4-7(11)12/h2-3H,4H2,1H3,(H,11,12). The van der Waals surface area contributed by atoms with Gasteiger partial charge in [0.05, 0.1) is 0 Å². The van der Waals surface area contributed by atoms with Crippen LogP contribution in [0.3, 0.4) is 0 Å². The van der Waals surface area contributed by atoms with Gasteiger partial charge in [0.15, 0.2) is 32.4 Å². The van der Waals surface area contributed by atoms with Gasteiger partial charge in [0.25, 0.3) is 0 Å². The molecule has 0 amide bonds. The number of halogens is 1. The molecule has 1 heterocycles. The highest BCUT2D eigenvalue weighted by Gasteiger charge is 2.13. The van der Waals surface area contributed by atoms with Gasteiger partial charge < -0.3 is 9.84 Å². The first-order valence-corrected chi connectivity index (χ1v) is 6.29. The first kappa shape index (κ1) is 12.7. The first-order chi connectivity index (χ1) is 7.30. The van der Waals surface area contributed by atoms with Crippen molar-refractivity contribution in [3.8, 4) is 5.75 Å². The molecule has 1 N–H and O–H groups in total. The van der Waals surface area contributed by atoms with E-state index in [1.165, 1.54) is 12.1 Å². The van der Waals surface area contributed by atoms with Crippen molar-refractivity contribution in [3.05, 3.63) is 17.3 Å². The van der Waals surface area contributed by atoms with Crippen LogP contribution >= 0.6 is 11.6 Å². The molecular formula is C8H8ClNO5S. The maximum Gasteiger partial charge on any atom is 0.341 e. The first-order valence-electron chi connectivity index (χ1n) is 4.02. The highest BCUT2D eigenvalue weighted by molar-refractivity contribution is 7.90. The number of hydrogen-bond donors (Lipinski definition) is 1. The van der Waals surface area contributed by atoms with Gasteiger partial charge in [-0.3, -0.25) is 0 Å². The summed E-state index contributed by atoms with van der Waals surface area (Å²) in [5.74, 6) is -1.14. The van der Waals surface area contributed by atoms with Crippen LogP contribution in [0.1, 0.15) is 0 Å². The van der Waals surface area contributed by atoms with E-state index < -0.39 is 22.4 Å². The molecule has 0 spiro atoms. The number of aliphatic carboxylic acids is 1. The minimum Gasteiger partial charge on any atom is -0.479 e. The van der Waals surface area contributed by atoms with Gasteiger partial charge in [-0.1, -0.05) is 11.6 Å². The molecule has 8 heteroatoms. The van der Waals surface area contributed by atoms with Crippen LogP contribution in [-0.4, -0.2) is 37.3 Å². The van der Waals surface area contributed by atoms with Crippen molar-refractivity contribution in [1.82, 2.24) is 4.98 Å². The molecule has 1 rings (SSSR count). The van der Waals surface area contributed by atoms with Crippen molar-refractivity contribution in [1.29, 1.82) is 0 Å². The zero-order chi connectivity index (χ0) is 12.3. The van der Waals surface area contributed by atoms with Gasteiger partial charge >= 0.3 is 5.97 Å². The number of pyridine rings is 1. The number of carboxylic acids is 1. The van der Waals surface area contributed by atoms with E-state index in [9.17, 15) is 13.2 Å². The Morgan fingerprint density at radius 2 is 2.19 bits per heavy atom. The molecule has 0 fully saturated rings. The number of carboxylic acid groups (broad SMARTS) is 1. The Bertz CT molecular complexity index is 513. The van der Waals surface area contributed by atoms with Gasteiger partial charge in [-0.05, 0) is 12.1 Å². The highest BCUT2D eigenvalue weighted by Crippen LogP contribution is 2.23. The second-order valence-electron chi connectivity index (χ2n) is 2.89. The molecule has 0 aliphatic heterocycles. The molecule has 0 saturated carbocycles. The molecule has 1 aromatic rings. The minimum absolute atomic E-state index is 0.0245. The van der Waals surface area contributed by atoms with E-state index in [2.05, 4.69) is 4.98 Å². The summed E-state index contributed by atoms with van der Waals surface area (Å²) in [6.07, 6.45) is 0.990. The fourth-order valence-corrected chi connectivity index (χ4v) is 1.69. The van der Waals surface area contributed by atoms with Crippen LogP contribution in [0, 0.1) is 0 Å². The van der Waals surface area contributed by atoms with Gasteiger partial charge in [0.2, 0.25) is 0 Å². The van der Waals surface area contributed by atoms with E-state index in [0.29, 0.717) is 0 Å². The molecule has 0 aliphatic rings. The Morgan fingerprint density at radius 1 is 1.56 bits per heavy atom. The summed E-state index contributed by atoms with van der Waals surface area (Å²) in [5.41, 5.74) is 0. The molecule has 0 radical (unpaired) electrons. The maximum absolute atomic E-state index is 11.1. The van der Waals surface area contributed by atoms with Gasteiger partial charge in [-0.2, -0.15) is 0 Å². The summed E-state index contributed by atoms with van der Waals surface area (Å²) in [4.78, 5) is 13.8. The Morgan fingerprint density at radius 3 is 2.62 bits per heavy atom. The van der Waals surface area contributed by atoms with Crippen molar-refractivity contribution in [2.24, 2.45) is 0 Å². The SMILES string of the molecule is CS(=O)(=O)c1ccc(OCC(=O)O)c(Cl)n1. The molecule has 0 atom stereocenters. The number of aromatic nitrogens is 1. The number of ether oxygens (including phenoxy) is 1. The van der Waals surface area contributed by atoms with Crippen molar-refractivity contribution >= 4 is 27.4 Å². The molecule has 88 valence electrons. The normalized spacial score (nSPS) is 11.1. The van der Waals surface area contributed by atoms with E-state index in [1.54, 1.807) is 0 Å². The number of hydrogen-bond acceptors (Lipinski definition) is 5. The lowest BCUT2D eigenvalue weighted by molar-refractivity contribution is -0.139. The fourth-order valence-electron chi connectivity index (χ4n) is 0.859. The predicted molar refractivity (Wildman–Crippen MR) is 55.5 cm³/mol. The number of carbonyl (C=O) groups is 1. The van der Waals surface area contributed by atoms with Crippen molar-refractivity contribution in [2.75, 3.05) is 12.9 Å². The highest BCUT2D eigenvalue weighted by atomic mass is 35.5. The lowest BCUT2D eigenvalue weighted by Gasteiger charge is -2.05. The second-order valence-corrected chi connectivity index (χ2v) is 5.21. The zero-order valence-corrected chi connectivity index (χ0v) is 9.75. The molecule has 0 saturated heterocycles. The Balaban J connectivity index is 2.96. The van der Waals surface area contributed by atoms with E-state index in [4.69, 9.17) is 21.4 Å². The lowest BCUT2D eigenvalue weighted by Crippen LogP contribution is -2.10. The van der Waals surface area contributed by atoms with Gasteiger partial charge in [0.1, 0.15) is 0 Å². The van der Waals surface area contributed by atoms with E-state index in [-0.39, 0.29) is 15.9 Å². The second kappa shape index (κ2) is 4.67. The van der Waals surface area contributed by atoms with E-state index in [0.717, 1.165) is 6.26 Å². The molecule has 0 unspecified atom stereocenters. The van der Waals surface area contributed by atoms with Crippen LogP contribution in [0.2, 0.25) is 5.15 Å². The minimum atomic E-state index is -3.44. The van der Waals surface area contributed by atoms with Crippen molar-refractivity contribution in [2.45, 2.75) is 5.03 Å². The molecule has 16 heavy (non-hydrogen) atoms. The van der Waals surface area contributed by atoms with Crippen LogP contribution in [0.25, 0.3) is 0 Å². The van der Waals surface area contributed by atoms with Gasteiger partial charge in [-0.15, -0.1) is 0 Å². The third kappa shape index (κ3) is 3.35. The molecule has 0 aliphatic carbocycles. The summed E-state index contributed by atoms with van der Waals surface area (Å²) in [7, 11) is -3.44. The van der Waals surface area contributed by atoms with Gasteiger partial charge in [0, 0.05) is 6.26 Å². The predicted octanol–water partition coefficient (Wildman–Crippen LogP) is 0.602. The largest absolute Gasteiger partial charge is 0.479 e. The van der Waals surface area contributed by atoms with Crippen molar-refractivity contribution < 1.29 is 23.1 Å². The van der Waals surface area contributed by atoms with Crippen LogP contribution in [0.15, 0.2) is 17.2 Å². The molecule has 0 aromatic carbocycles. The number of rotatable bonds is 4. The van der Waals surface area contributed by atoms with E-state index >= 15 is 0 Å². The van der Waals surface area contributed by atoms with Crippen LogP contribution in [0.5, 0.6) is 5.75 Å². The third-order valence-corrected chi connectivity index (χ3v) is 2.78. The maximum atomic E-state index is 11.1. The molecule has 0 bridgehead atoms. The quantitative estimate of drug-likeness (QED) is 0.802. The number of nitrogens with zero attached hydrogens (tertiary/aromatic N) is 1. The summed E-state index contributed by atoms with van der Waals surface area (Å²) >= 11 is 5.63. The molecule has 6 nitrogen and oxygen atoms in total. The van der Waals surface area contributed by atoms with Crippen molar-refractivity contribution in [3.63, 3.8) is 0 Å². The third-order valence-electron chi connectivity index (χ3n) is 1.52. The fraction of sp³-hybridized carbons (Fsp3) is 0.250. The summed E-state index contributed by atoms with van der Waals surface area (Å²) in [5, 5.41) is 7.98. The van der Waals surface area contributed by atoms with Crippen LogP contribution in [-0.2, 0) is 14.6 Å². The summed E-state index contributed by atoms with van der Waals surface area (Å²) in [6.45, 7) is -0.570. The average Bonchev–Trinajstić information content (AvgIpc) is 2.14. The molecular weight excluding hydrogens is 258 g/mol. The molecule has 1 aromatic heterocycles. The summed E-state index contributed by atoms with van der Waals surface area (Å²) < 4.78 is 27.0. The Kier molecular flexibility index (Phi) is 3.71. The van der Waals surface area contributed by atoms with Gasteiger partial charge in [-0.25, -0.2) is 18.2 Å². The zero-order valence-electron chi connectivity index (χ0n) is 8.18. The summed E-state index contributed by atoms with van der Waals surface area (Å²) in [6, 6.07) is 2.45. The lowest BCUT2D eigenvalue weighted by atomic mass is 10.4. The van der Waals surface area contributed by atoms with Crippen LogP contribution in [0.4, 0.5) is 0 Å². The Hall–Kier alpha value is -1.34. The topological polar surface area (TPSA) is 93.6 Å². The van der Waals surface area contributed by atoms with E-state index in [1.807, 2.05) is 0 Å². The smallest absolute Gasteiger partial charge is 0.341 e. The average molecular weight is 266 g/mol. The number of sulfone groups is 1. The van der Waals surface area contributed by atoms with Crippen LogP contribution < -0.4 is 4.74 Å².